The maximum absolute atomic E-state index is 12.6. The summed E-state index contributed by atoms with van der Waals surface area (Å²) in [6, 6.07) is 12.4. The summed E-state index contributed by atoms with van der Waals surface area (Å²) in [5.74, 6) is 0.758. The lowest BCUT2D eigenvalue weighted by Gasteiger charge is -2.35. The molecule has 4 rings (SSSR count). The minimum Gasteiger partial charge on any atom is -0.487 e. The molecule has 1 fully saturated rings. The van der Waals surface area contributed by atoms with Crippen molar-refractivity contribution >= 4 is 11.7 Å². The number of amides is 1. The summed E-state index contributed by atoms with van der Waals surface area (Å²) in [6.45, 7) is 6.24. The van der Waals surface area contributed by atoms with Gasteiger partial charge in [0.1, 0.15) is 18.0 Å². The molecule has 0 saturated carbocycles. The number of rotatable bonds is 4. The van der Waals surface area contributed by atoms with Crippen molar-refractivity contribution in [3.63, 3.8) is 0 Å². The predicted octanol–water partition coefficient (Wildman–Crippen LogP) is 5.22. The van der Waals surface area contributed by atoms with Gasteiger partial charge in [-0.15, -0.1) is 0 Å². The Kier molecular flexibility index (Phi) is 5.31. The zero-order valence-electron chi connectivity index (χ0n) is 17.3. The second kappa shape index (κ2) is 7.90. The number of ether oxygens (including phenoxy) is 2. The van der Waals surface area contributed by atoms with Crippen LogP contribution in [-0.4, -0.2) is 33.7 Å². The van der Waals surface area contributed by atoms with Crippen molar-refractivity contribution in [2.24, 2.45) is 0 Å². The molecule has 5 nitrogen and oxygen atoms in total. The molecular weight excluding hydrogens is 364 g/mol. The number of carbonyl (C=O) groups excluding carboxylic acids is 1. The molecule has 5 heteroatoms. The van der Waals surface area contributed by atoms with Crippen LogP contribution in [0, 0.1) is 0 Å². The van der Waals surface area contributed by atoms with Crippen LogP contribution in [-0.2, 0) is 11.3 Å². The van der Waals surface area contributed by atoms with E-state index in [1.807, 2.05) is 68.3 Å². The highest BCUT2D eigenvalue weighted by Crippen LogP contribution is 2.39. The lowest BCUT2D eigenvalue weighted by molar-refractivity contribution is 0.0175. The monoisotopic (exact) mass is 392 g/mol. The molecule has 0 radical (unpaired) electrons. The van der Waals surface area contributed by atoms with E-state index in [0.29, 0.717) is 6.61 Å². The van der Waals surface area contributed by atoms with Gasteiger partial charge in [-0.2, -0.15) is 0 Å². The highest BCUT2D eigenvalue weighted by molar-refractivity contribution is 5.75. The van der Waals surface area contributed by atoms with Gasteiger partial charge in [0, 0.05) is 12.2 Å². The van der Waals surface area contributed by atoms with Crippen molar-refractivity contribution in [1.29, 1.82) is 0 Å². The lowest BCUT2D eigenvalue weighted by atomic mass is 9.96. The number of pyridine rings is 1. The Morgan fingerprint density at radius 1 is 1.17 bits per heavy atom. The maximum Gasteiger partial charge on any atom is 0.411 e. The molecule has 2 bridgehead atoms. The van der Waals surface area contributed by atoms with Crippen LogP contribution in [0.3, 0.4) is 0 Å². The molecule has 0 N–H and O–H groups in total. The van der Waals surface area contributed by atoms with Crippen LogP contribution >= 0.6 is 0 Å². The summed E-state index contributed by atoms with van der Waals surface area (Å²) in [5.41, 5.74) is 2.95. The molecule has 0 spiro atoms. The van der Waals surface area contributed by atoms with Gasteiger partial charge in [-0.25, -0.2) is 4.79 Å². The summed E-state index contributed by atoms with van der Waals surface area (Å²) in [5, 5.41) is 0. The first-order chi connectivity index (χ1) is 13.9. The van der Waals surface area contributed by atoms with Crippen LogP contribution in [0.2, 0.25) is 0 Å². The molecule has 2 atom stereocenters. The zero-order valence-corrected chi connectivity index (χ0v) is 17.3. The Balaban J connectivity index is 1.47. The highest BCUT2D eigenvalue weighted by atomic mass is 16.6. The molecule has 2 unspecified atom stereocenters. The van der Waals surface area contributed by atoms with E-state index < -0.39 is 5.60 Å². The topological polar surface area (TPSA) is 51.7 Å². The summed E-state index contributed by atoms with van der Waals surface area (Å²) in [6.07, 6.45) is 8.41. The molecule has 1 aromatic carbocycles. The van der Waals surface area contributed by atoms with Gasteiger partial charge in [0.2, 0.25) is 0 Å². The Morgan fingerprint density at radius 2 is 1.97 bits per heavy atom. The molecular formula is C24H28N2O3. The largest absolute Gasteiger partial charge is 0.487 e. The standard InChI is InChI=1S/C24H28N2O3/c1-24(2,3)29-23(27)26-20-9-10-21(26)12-18(11-20)19-13-22(15-25-14-19)28-16-17-7-5-4-6-8-17/h4-8,11,13-15,20-21H,9-10,12,16H2,1-3H3. The summed E-state index contributed by atoms with van der Waals surface area (Å²) in [7, 11) is 0. The third-order valence-corrected chi connectivity index (χ3v) is 5.33. The molecule has 2 aliphatic heterocycles. The Bertz CT molecular complexity index is 902. The number of fused-ring (bicyclic) bond motifs is 2. The van der Waals surface area contributed by atoms with E-state index in [1.54, 1.807) is 6.20 Å². The first-order valence-electron chi connectivity index (χ1n) is 10.2. The number of nitrogens with zero attached hydrogens (tertiary/aromatic N) is 2. The normalized spacial score (nSPS) is 20.9. The van der Waals surface area contributed by atoms with Crippen molar-refractivity contribution in [3.8, 4) is 5.75 Å². The van der Waals surface area contributed by atoms with Crippen LogP contribution in [0.25, 0.3) is 5.57 Å². The molecule has 2 aromatic rings. The third kappa shape index (κ3) is 4.61. The molecule has 0 aliphatic carbocycles. The van der Waals surface area contributed by atoms with Gasteiger partial charge in [-0.1, -0.05) is 36.4 Å². The smallest absolute Gasteiger partial charge is 0.411 e. The molecule has 1 amide bonds. The average molecular weight is 392 g/mol. The lowest BCUT2D eigenvalue weighted by Crippen LogP contribution is -2.45. The number of carbonyl (C=O) groups is 1. The fourth-order valence-electron chi connectivity index (χ4n) is 4.06. The van der Waals surface area contributed by atoms with Crippen molar-refractivity contribution in [1.82, 2.24) is 9.88 Å². The van der Waals surface area contributed by atoms with Gasteiger partial charge in [-0.05, 0) is 62.8 Å². The molecule has 3 heterocycles. The van der Waals surface area contributed by atoms with Crippen LogP contribution in [0.15, 0.2) is 54.9 Å². The maximum atomic E-state index is 12.6. The van der Waals surface area contributed by atoms with Gasteiger partial charge in [0.15, 0.2) is 0 Å². The van der Waals surface area contributed by atoms with Gasteiger partial charge in [0.05, 0.1) is 12.2 Å². The van der Waals surface area contributed by atoms with Crippen molar-refractivity contribution in [2.75, 3.05) is 0 Å². The molecule has 1 aromatic heterocycles. The van der Waals surface area contributed by atoms with Crippen LogP contribution in [0.5, 0.6) is 5.75 Å². The van der Waals surface area contributed by atoms with Crippen molar-refractivity contribution in [2.45, 2.75) is 64.3 Å². The van der Waals surface area contributed by atoms with E-state index in [4.69, 9.17) is 9.47 Å². The van der Waals surface area contributed by atoms with Gasteiger partial charge < -0.3 is 9.47 Å². The van der Waals surface area contributed by atoms with E-state index in [2.05, 4.69) is 11.1 Å². The molecule has 1 saturated heterocycles. The van der Waals surface area contributed by atoms with Gasteiger partial charge in [-0.3, -0.25) is 9.88 Å². The first-order valence-corrected chi connectivity index (χ1v) is 10.2. The Labute approximate surface area is 172 Å². The predicted molar refractivity (Wildman–Crippen MR) is 112 cm³/mol. The average Bonchev–Trinajstić information content (AvgIpc) is 2.96. The van der Waals surface area contributed by atoms with E-state index in [9.17, 15) is 4.79 Å². The van der Waals surface area contributed by atoms with Crippen molar-refractivity contribution in [3.05, 3.63) is 66.0 Å². The third-order valence-electron chi connectivity index (χ3n) is 5.33. The van der Waals surface area contributed by atoms with Gasteiger partial charge >= 0.3 is 6.09 Å². The Morgan fingerprint density at radius 3 is 2.69 bits per heavy atom. The summed E-state index contributed by atoms with van der Waals surface area (Å²) in [4.78, 5) is 18.9. The second-order valence-electron chi connectivity index (χ2n) is 8.77. The second-order valence-corrected chi connectivity index (χ2v) is 8.77. The van der Waals surface area contributed by atoms with Crippen molar-refractivity contribution < 1.29 is 14.3 Å². The quantitative estimate of drug-likeness (QED) is 0.716. The first kappa shape index (κ1) is 19.5. The zero-order chi connectivity index (χ0) is 20.4. The van der Waals surface area contributed by atoms with E-state index >= 15 is 0 Å². The number of hydrogen-bond acceptors (Lipinski definition) is 4. The minimum absolute atomic E-state index is 0.0903. The summed E-state index contributed by atoms with van der Waals surface area (Å²) >= 11 is 0. The SMILES string of the molecule is CC(C)(C)OC(=O)N1C2C=C(c3cncc(OCc4ccccc4)c3)CC1CC2. The number of benzene rings is 1. The minimum atomic E-state index is -0.477. The Hall–Kier alpha value is -2.82. The number of hydrogen-bond donors (Lipinski definition) is 0. The fourth-order valence-corrected chi connectivity index (χ4v) is 4.06. The fraction of sp³-hybridized carbons (Fsp3) is 0.417. The van der Waals surface area contributed by atoms with Crippen LogP contribution in [0.1, 0.15) is 51.2 Å². The van der Waals surface area contributed by atoms with Gasteiger partial charge in [0.25, 0.3) is 0 Å². The molecule has 29 heavy (non-hydrogen) atoms. The van der Waals surface area contributed by atoms with Crippen LogP contribution < -0.4 is 4.74 Å². The van der Waals surface area contributed by atoms with E-state index in [-0.39, 0.29) is 18.2 Å². The summed E-state index contributed by atoms with van der Waals surface area (Å²) < 4.78 is 11.6. The van der Waals surface area contributed by atoms with E-state index in [1.165, 1.54) is 5.57 Å². The van der Waals surface area contributed by atoms with Crippen LogP contribution in [0.4, 0.5) is 4.79 Å². The number of aromatic nitrogens is 1. The van der Waals surface area contributed by atoms with E-state index in [0.717, 1.165) is 36.1 Å². The highest BCUT2D eigenvalue weighted by Gasteiger charge is 2.41. The molecule has 2 aliphatic rings. The molecule has 152 valence electrons.